The highest BCUT2D eigenvalue weighted by Crippen LogP contribution is 2.39. The van der Waals surface area contributed by atoms with Crippen molar-refractivity contribution in [2.75, 3.05) is 12.4 Å². The molecule has 0 aliphatic heterocycles. The zero-order chi connectivity index (χ0) is 18.7. The normalized spacial score (nSPS) is 18.1. The van der Waals surface area contributed by atoms with Gasteiger partial charge in [-0.25, -0.2) is 0 Å². The summed E-state index contributed by atoms with van der Waals surface area (Å²) in [6.07, 6.45) is 0.536. The number of methoxy groups -OCH3 is 1. The van der Waals surface area contributed by atoms with Crippen LogP contribution in [0.4, 0.5) is 5.69 Å². The van der Waals surface area contributed by atoms with E-state index in [9.17, 15) is 9.59 Å². The van der Waals surface area contributed by atoms with Crippen molar-refractivity contribution in [2.45, 2.75) is 13.0 Å². The molecular formula is C19H18Cl2N2O3. The first-order valence-electron chi connectivity index (χ1n) is 8.14. The summed E-state index contributed by atoms with van der Waals surface area (Å²) >= 11 is 11.8. The van der Waals surface area contributed by atoms with Gasteiger partial charge in [0.15, 0.2) is 0 Å². The molecule has 1 saturated carbocycles. The van der Waals surface area contributed by atoms with Gasteiger partial charge >= 0.3 is 0 Å². The minimum absolute atomic E-state index is 0.120. The first kappa shape index (κ1) is 18.5. The number of halogens is 2. The van der Waals surface area contributed by atoms with Gasteiger partial charge in [-0.2, -0.15) is 0 Å². The standard InChI is InChI=1S/C19H18Cl2N2O3/c1-26-15-4-2-11(3-5-15)10-22-18(24)16-9-17(16)19(25)23-14-7-12(20)6-13(21)8-14/h2-8,16-17H,9-10H2,1H3,(H,22,24)(H,23,25). The van der Waals surface area contributed by atoms with E-state index in [0.717, 1.165) is 11.3 Å². The molecule has 2 atom stereocenters. The lowest BCUT2D eigenvalue weighted by molar-refractivity contribution is -0.125. The lowest BCUT2D eigenvalue weighted by Crippen LogP contribution is -2.27. The van der Waals surface area contributed by atoms with Gasteiger partial charge < -0.3 is 15.4 Å². The highest BCUT2D eigenvalue weighted by molar-refractivity contribution is 6.35. The smallest absolute Gasteiger partial charge is 0.228 e. The van der Waals surface area contributed by atoms with Crippen molar-refractivity contribution in [3.05, 3.63) is 58.1 Å². The third-order valence-corrected chi connectivity index (χ3v) is 4.66. The monoisotopic (exact) mass is 392 g/mol. The Morgan fingerprint density at radius 1 is 1.04 bits per heavy atom. The van der Waals surface area contributed by atoms with E-state index < -0.39 is 0 Å². The van der Waals surface area contributed by atoms with E-state index >= 15 is 0 Å². The Bertz CT molecular complexity index is 804. The Morgan fingerprint density at radius 2 is 1.65 bits per heavy atom. The zero-order valence-electron chi connectivity index (χ0n) is 14.1. The number of hydrogen-bond donors (Lipinski definition) is 2. The van der Waals surface area contributed by atoms with E-state index in [1.807, 2.05) is 24.3 Å². The maximum absolute atomic E-state index is 12.3. The molecule has 1 aliphatic carbocycles. The molecule has 2 aromatic rings. The van der Waals surface area contributed by atoms with Crippen LogP contribution in [-0.4, -0.2) is 18.9 Å². The number of benzene rings is 2. The molecule has 5 nitrogen and oxygen atoms in total. The molecule has 2 aromatic carbocycles. The molecular weight excluding hydrogens is 375 g/mol. The fourth-order valence-electron chi connectivity index (χ4n) is 2.70. The molecule has 2 N–H and O–H groups in total. The van der Waals surface area contributed by atoms with Crippen molar-refractivity contribution in [1.29, 1.82) is 0 Å². The topological polar surface area (TPSA) is 67.4 Å². The number of anilines is 1. The Morgan fingerprint density at radius 3 is 2.27 bits per heavy atom. The Labute approximate surface area is 161 Å². The molecule has 7 heteroatoms. The average Bonchev–Trinajstić information content (AvgIpc) is 3.40. The van der Waals surface area contributed by atoms with Crippen LogP contribution in [0.25, 0.3) is 0 Å². The van der Waals surface area contributed by atoms with Crippen LogP contribution >= 0.6 is 23.2 Å². The molecule has 2 unspecified atom stereocenters. The minimum atomic E-state index is -0.330. The second-order valence-corrected chi connectivity index (χ2v) is 7.03. The van der Waals surface area contributed by atoms with Gasteiger partial charge in [0.25, 0.3) is 0 Å². The van der Waals surface area contributed by atoms with E-state index in [1.165, 1.54) is 0 Å². The second kappa shape index (κ2) is 7.98. The average molecular weight is 393 g/mol. The summed E-state index contributed by atoms with van der Waals surface area (Å²) in [5.74, 6) is -0.190. The van der Waals surface area contributed by atoms with Crippen molar-refractivity contribution in [1.82, 2.24) is 5.32 Å². The summed E-state index contributed by atoms with van der Waals surface area (Å²) in [5, 5.41) is 6.50. The van der Waals surface area contributed by atoms with Gasteiger partial charge in [0, 0.05) is 22.3 Å². The Kier molecular flexibility index (Phi) is 5.69. The number of carbonyl (C=O) groups is 2. The minimum Gasteiger partial charge on any atom is -0.497 e. The predicted molar refractivity (Wildman–Crippen MR) is 102 cm³/mol. The van der Waals surface area contributed by atoms with Gasteiger partial charge in [0.1, 0.15) is 5.75 Å². The van der Waals surface area contributed by atoms with E-state index in [0.29, 0.717) is 28.7 Å². The van der Waals surface area contributed by atoms with Crippen LogP contribution in [0.3, 0.4) is 0 Å². The van der Waals surface area contributed by atoms with Gasteiger partial charge in [0.05, 0.1) is 18.9 Å². The highest BCUT2D eigenvalue weighted by Gasteiger charge is 2.47. The quantitative estimate of drug-likeness (QED) is 0.783. The molecule has 0 heterocycles. The maximum Gasteiger partial charge on any atom is 0.228 e. The Balaban J connectivity index is 1.49. The van der Waals surface area contributed by atoms with Crippen LogP contribution in [-0.2, 0) is 16.1 Å². The van der Waals surface area contributed by atoms with Crippen LogP contribution in [0.1, 0.15) is 12.0 Å². The summed E-state index contributed by atoms with van der Waals surface area (Å²) in [5.41, 5.74) is 1.49. The molecule has 1 fully saturated rings. The maximum atomic E-state index is 12.3. The molecule has 2 amide bonds. The second-order valence-electron chi connectivity index (χ2n) is 6.16. The highest BCUT2D eigenvalue weighted by atomic mass is 35.5. The van der Waals surface area contributed by atoms with Gasteiger partial charge in [-0.1, -0.05) is 35.3 Å². The molecule has 3 rings (SSSR count). The van der Waals surface area contributed by atoms with Gasteiger partial charge in [0.2, 0.25) is 11.8 Å². The van der Waals surface area contributed by atoms with Crippen LogP contribution in [0.2, 0.25) is 10.0 Å². The Hall–Kier alpha value is -2.24. The van der Waals surface area contributed by atoms with E-state index in [4.69, 9.17) is 27.9 Å². The molecule has 0 aromatic heterocycles. The third-order valence-electron chi connectivity index (χ3n) is 4.22. The first-order valence-corrected chi connectivity index (χ1v) is 8.89. The summed E-state index contributed by atoms with van der Waals surface area (Å²) < 4.78 is 5.10. The number of rotatable bonds is 6. The van der Waals surface area contributed by atoms with Gasteiger partial charge in [-0.3, -0.25) is 9.59 Å². The molecule has 0 radical (unpaired) electrons. The van der Waals surface area contributed by atoms with Crippen molar-refractivity contribution in [3.63, 3.8) is 0 Å². The number of nitrogens with one attached hydrogen (secondary N) is 2. The summed E-state index contributed by atoms with van der Waals surface area (Å²) in [4.78, 5) is 24.5. The van der Waals surface area contributed by atoms with Gasteiger partial charge in [-0.05, 0) is 42.3 Å². The van der Waals surface area contributed by atoms with E-state index in [2.05, 4.69) is 10.6 Å². The molecule has 0 spiro atoms. The number of ether oxygens (including phenoxy) is 1. The lowest BCUT2D eigenvalue weighted by Gasteiger charge is -2.07. The molecule has 26 heavy (non-hydrogen) atoms. The molecule has 0 bridgehead atoms. The van der Waals surface area contributed by atoms with E-state index in [1.54, 1.807) is 25.3 Å². The first-order chi connectivity index (χ1) is 12.5. The van der Waals surface area contributed by atoms with Crippen molar-refractivity contribution in [3.8, 4) is 5.75 Å². The van der Waals surface area contributed by atoms with Crippen molar-refractivity contribution in [2.24, 2.45) is 11.8 Å². The summed E-state index contributed by atoms with van der Waals surface area (Å²) in [7, 11) is 1.60. The van der Waals surface area contributed by atoms with E-state index in [-0.39, 0.29) is 23.7 Å². The van der Waals surface area contributed by atoms with Gasteiger partial charge in [-0.15, -0.1) is 0 Å². The third kappa shape index (κ3) is 4.68. The lowest BCUT2D eigenvalue weighted by atomic mass is 10.2. The zero-order valence-corrected chi connectivity index (χ0v) is 15.6. The molecule has 0 saturated heterocycles. The van der Waals surface area contributed by atoms with Crippen LogP contribution < -0.4 is 15.4 Å². The number of amides is 2. The van der Waals surface area contributed by atoms with Crippen LogP contribution in [0, 0.1) is 11.8 Å². The summed E-state index contributed by atoms with van der Waals surface area (Å²) in [6, 6.07) is 12.3. The molecule has 136 valence electrons. The number of hydrogen-bond acceptors (Lipinski definition) is 3. The fraction of sp³-hybridized carbons (Fsp3) is 0.263. The van der Waals surface area contributed by atoms with Crippen LogP contribution in [0.15, 0.2) is 42.5 Å². The SMILES string of the molecule is COc1ccc(CNC(=O)C2CC2C(=O)Nc2cc(Cl)cc(Cl)c2)cc1. The summed E-state index contributed by atoms with van der Waals surface area (Å²) in [6.45, 7) is 0.414. The fourth-order valence-corrected chi connectivity index (χ4v) is 3.23. The van der Waals surface area contributed by atoms with Crippen LogP contribution in [0.5, 0.6) is 5.75 Å². The van der Waals surface area contributed by atoms with Crippen molar-refractivity contribution >= 4 is 40.7 Å². The van der Waals surface area contributed by atoms with Crippen molar-refractivity contribution < 1.29 is 14.3 Å². The molecule has 1 aliphatic rings. The number of carbonyl (C=O) groups excluding carboxylic acids is 2. The predicted octanol–water partition coefficient (Wildman–Crippen LogP) is 3.89. The largest absolute Gasteiger partial charge is 0.497 e.